The number of likely N-dealkylation sites (N-methyl/N-ethyl adjacent to an activating group) is 1. The molecule has 0 aromatic heterocycles. The number of hydrogen-bond donors (Lipinski definition) is 2. The predicted octanol–water partition coefficient (Wildman–Crippen LogP) is 21.8. The summed E-state index contributed by atoms with van der Waals surface area (Å²) in [6.45, 7) is 4.59. The van der Waals surface area contributed by atoms with Crippen molar-refractivity contribution in [2.75, 3.05) is 40.9 Å². The quantitative estimate of drug-likeness (QED) is 0.0272. The Labute approximate surface area is 504 Å². The van der Waals surface area contributed by atoms with Crippen molar-refractivity contribution in [2.45, 2.75) is 353 Å². The van der Waals surface area contributed by atoms with Crippen molar-refractivity contribution in [3.63, 3.8) is 0 Å². The van der Waals surface area contributed by atoms with E-state index >= 15 is 0 Å². The summed E-state index contributed by atoms with van der Waals surface area (Å²) < 4.78 is 23.5. The Morgan fingerprint density at radius 2 is 0.753 bits per heavy atom. The number of nitrogens with zero attached hydrogens (tertiary/aromatic N) is 1. The molecule has 2 N–H and O–H groups in total. The summed E-state index contributed by atoms with van der Waals surface area (Å²) >= 11 is 0. The maximum atomic E-state index is 13.0. The third kappa shape index (κ3) is 65.6. The number of unbranched alkanes of at least 4 members (excludes halogenated alkanes) is 44. The van der Waals surface area contributed by atoms with Crippen molar-refractivity contribution in [3.8, 4) is 0 Å². The zero-order valence-electron chi connectivity index (χ0n) is 54.5. The minimum Gasteiger partial charge on any atom is -0.756 e. The maximum Gasteiger partial charge on any atom is 0.268 e. The number of rotatable bonds is 65. The zero-order valence-corrected chi connectivity index (χ0v) is 55.4. The topological polar surface area (TPSA) is 108 Å². The molecule has 0 radical (unpaired) electrons. The number of phosphoric acid groups is 1. The van der Waals surface area contributed by atoms with Crippen molar-refractivity contribution < 1.29 is 32.9 Å². The number of aliphatic hydroxyl groups excluding tert-OH is 1. The fourth-order valence-corrected chi connectivity index (χ4v) is 11.3. The van der Waals surface area contributed by atoms with Gasteiger partial charge in [0.2, 0.25) is 5.91 Å². The van der Waals surface area contributed by atoms with Crippen LogP contribution in [0.1, 0.15) is 341 Å². The molecule has 0 aromatic carbocycles. The molecule has 1 amide bonds. The summed E-state index contributed by atoms with van der Waals surface area (Å²) in [7, 11) is 1.27. The third-order valence-electron chi connectivity index (χ3n) is 16.0. The van der Waals surface area contributed by atoms with E-state index in [1.165, 1.54) is 257 Å². The fraction of sp³-hybridized carbons (Fsp3) is 0.847. The van der Waals surface area contributed by atoms with Crippen LogP contribution in [0.15, 0.2) is 60.8 Å². The van der Waals surface area contributed by atoms with E-state index in [4.69, 9.17) is 9.05 Å². The lowest BCUT2D eigenvalue weighted by Gasteiger charge is -2.29. The van der Waals surface area contributed by atoms with Crippen LogP contribution in [0.3, 0.4) is 0 Å². The fourth-order valence-electron chi connectivity index (χ4n) is 10.6. The molecular weight excluding hydrogens is 1020 g/mol. The number of carbonyl (C=O) groups excluding carboxylic acids is 1. The van der Waals surface area contributed by atoms with Crippen molar-refractivity contribution in [3.05, 3.63) is 60.8 Å². The zero-order chi connectivity index (χ0) is 59.1. The summed E-state index contributed by atoms with van der Waals surface area (Å²) in [6.07, 6.45) is 86.3. The van der Waals surface area contributed by atoms with Crippen LogP contribution in [0.5, 0.6) is 0 Å². The molecule has 8 nitrogen and oxygen atoms in total. The molecule has 0 aliphatic carbocycles. The molecule has 81 heavy (non-hydrogen) atoms. The molecule has 476 valence electrons. The lowest BCUT2D eigenvalue weighted by Crippen LogP contribution is -2.45. The average Bonchev–Trinajstić information content (AvgIpc) is 3.43. The van der Waals surface area contributed by atoms with Crippen LogP contribution in [-0.2, 0) is 18.4 Å². The Morgan fingerprint density at radius 3 is 1.10 bits per heavy atom. The summed E-state index contributed by atoms with van der Waals surface area (Å²) in [5.41, 5.74) is 0. The standard InChI is InChI=1S/C72H137N2O6P/c1-6-8-10-12-14-16-18-20-22-24-26-28-30-32-34-35-36-37-38-39-40-42-44-46-48-50-52-54-56-58-60-62-64-66-72(76)73-70(69-80-81(77,78)79-68-67-74(3,4)5)71(75)65-63-61-59-57-55-53-51-49-47-45-43-41-33-31-29-27-25-23-21-19-17-15-13-11-9-7-2/h8,10,14,16,20,22,26,28,63,65,70-71,75H,6-7,9,11-13,15,17-19,21,23-25,27,29-62,64,66-69H2,1-5H3,(H-,73,76,77,78)/b10-8-,16-14-,22-20-,28-26-,65-63+. The summed E-state index contributed by atoms with van der Waals surface area (Å²) in [4.78, 5) is 25.6. The number of hydrogen-bond acceptors (Lipinski definition) is 6. The smallest absolute Gasteiger partial charge is 0.268 e. The van der Waals surface area contributed by atoms with E-state index in [2.05, 4.69) is 67.8 Å². The second kappa shape index (κ2) is 62.7. The van der Waals surface area contributed by atoms with Gasteiger partial charge in [0, 0.05) is 6.42 Å². The number of quaternary nitrogens is 1. The number of allylic oxidation sites excluding steroid dienone is 9. The van der Waals surface area contributed by atoms with Crippen LogP contribution in [0.2, 0.25) is 0 Å². The Morgan fingerprint density at radius 1 is 0.444 bits per heavy atom. The van der Waals surface area contributed by atoms with E-state index in [9.17, 15) is 19.4 Å². The van der Waals surface area contributed by atoms with Crippen molar-refractivity contribution in [2.24, 2.45) is 0 Å². The van der Waals surface area contributed by atoms with Crippen LogP contribution < -0.4 is 10.2 Å². The van der Waals surface area contributed by atoms with Crippen LogP contribution in [0.4, 0.5) is 0 Å². The lowest BCUT2D eigenvalue weighted by molar-refractivity contribution is -0.870. The van der Waals surface area contributed by atoms with E-state index in [-0.39, 0.29) is 19.1 Å². The van der Waals surface area contributed by atoms with Crippen molar-refractivity contribution >= 4 is 13.7 Å². The largest absolute Gasteiger partial charge is 0.756 e. The second-order valence-corrected chi connectivity index (χ2v) is 26.6. The molecular formula is C72H137N2O6P. The number of aliphatic hydroxyl groups is 1. The molecule has 9 heteroatoms. The SMILES string of the molecule is CC/C=C\C/C=C\C/C=C\C/C=C\CCCCCCCCCCCCCCCCCCCCCCC(=O)NC(COP(=O)([O-])OCC[N+](C)(C)C)C(O)/C=C/CCCCCCCCCCCCCCCCCCCCCCCCCC. The van der Waals surface area contributed by atoms with Crippen LogP contribution in [0, 0.1) is 0 Å². The first-order valence-electron chi connectivity index (χ1n) is 35.2. The number of phosphoric ester groups is 1. The molecule has 0 heterocycles. The van der Waals surface area contributed by atoms with Gasteiger partial charge in [0.1, 0.15) is 13.2 Å². The first-order chi connectivity index (χ1) is 39.5. The van der Waals surface area contributed by atoms with E-state index in [0.717, 1.165) is 64.2 Å². The summed E-state index contributed by atoms with van der Waals surface area (Å²) in [6, 6.07) is -0.888. The Balaban J connectivity index is 4.03. The van der Waals surface area contributed by atoms with E-state index in [0.29, 0.717) is 17.4 Å². The average molecular weight is 1160 g/mol. The highest BCUT2D eigenvalue weighted by molar-refractivity contribution is 7.45. The Kier molecular flexibility index (Phi) is 61.3. The Bertz CT molecular complexity index is 1500. The number of amides is 1. The van der Waals surface area contributed by atoms with Gasteiger partial charge in [0.05, 0.1) is 39.9 Å². The van der Waals surface area contributed by atoms with Gasteiger partial charge in [-0.1, -0.05) is 338 Å². The third-order valence-corrected chi connectivity index (χ3v) is 16.9. The molecule has 0 spiro atoms. The first kappa shape index (κ1) is 79.2. The molecule has 0 bridgehead atoms. The van der Waals surface area contributed by atoms with Gasteiger partial charge >= 0.3 is 0 Å². The monoisotopic (exact) mass is 1160 g/mol. The molecule has 3 atom stereocenters. The van der Waals surface area contributed by atoms with Gasteiger partial charge in [-0.25, -0.2) is 0 Å². The van der Waals surface area contributed by atoms with Gasteiger partial charge in [0.25, 0.3) is 7.82 Å². The van der Waals surface area contributed by atoms with E-state index in [1.54, 1.807) is 6.08 Å². The van der Waals surface area contributed by atoms with Gasteiger partial charge in [0.15, 0.2) is 0 Å². The van der Waals surface area contributed by atoms with Gasteiger partial charge in [-0.2, -0.15) is 0 Å². The lowest BCUT2D eigenvalue weighted by atomic mass is 10.0. The second-order valence-electron chi connectivity index (χ2n) is 25.2. The van der Waals surface area contributed by atoms with Gasteiger partial charge in [-0.15, -0.1) is 0 Å². The minimum absolute atomic E-state index is 0.000119. The van der Waals surface area contributed by atoms with E-state index < -0.39 is 20.0 Å². The van der Waals surface area contributed by atoms with Crippen molar-refractivity contribution in [1.29, 1.82) is 0 Å². The number of carbonyl (C=O) groups is 1. The summed E-state index contributed by atoms with van der Waals surface area (Å²) in [5.74, 6) is -0.192. The molecule has 0 saturated carbocycles. The molecule has 3 unspecified atom stereocenters. The maximum absolute atomic E-state index is 13.0. The molecule has 0 aliphatic heterocycles. The molecule has 0 rings (SSSR count). The van der Waals surface area contributed by atoms with Crippen LogP contribution in [-0.4, -0.2) is 68.5 Å². The highest BCUT2D eigenvalue weighted by atomic mass is 31.2. The molecule has 0 fully saturated rings. The van der Waals surface area contributed by atoms with E-state index in [1.807, 2.05) is 27.2 Å². The van der Waals surface area contributed by atoms with Crippen molar-refractivity contribution in [1.82, 2.24) is 5.32 Å². The highest BCUT2D eigenvalue weighted by Gasteiger charge is 2.23. The molecule has 0 aliphatic rings. The first-order valence-corrected chi connectivity index (χ1v) is 36.6. The highest BCUT2D eigenvalue weighted by Crippen LogP contribution is 2.38. The van der Waals surface area contributed by atoms with Gasteiger partial charge in [-0.05, 0) is 57.8 Å². The minimum atomic E-state index is -4.60. The van der Waals surface area contributed by atoms with Crippen LogP contribution >= 0.6 is 7.82 Å². The number of nitrogens with one attached hydrogen (secondary N) is 1. The predicted molar refractivity (Wildman–Crippen MR) is 353 cm³/mol. The molecule has 0 saturated heterocycles. The van der Waals surface area contributed by atoms with Gasteiger partial charge < -0.3 is 28.8 Å². The summed E-state index contributed by atoms with van der Waals surface area (Å²) in [5, 5.41) is 14.0. The normalized spacial score (nSPS) is 14.0. The Hall–Kier alpha value is -1.80. The van der Waals surface area contributed by atoms with Gasteiger partial charge in [-0.3, -0.25) is 9.36 Å². The van der Waals surface area contributed by atoms with Crippen LogP contribution in [0.25, 0.3) is 0 Å². The molecule has 0 aromatic rings.